The molecule has 1 aromatic heterocycles. The molecule has 0 aliphatic heterocycles. The van der Waals surface area contributed by atoms with Crippen LogP contribution in [0.4, 0.5) is 0 Å². The predicted octanol–water partition coefficient (Wildman–Crippen LogP) is 3.64. The van der Waals surface area contributed by atoms with Crippen molar-refractivity contribution in [1.82, 2.24) is 15.1 Å². The van der Waals surface area contributed by atoms with Crippen molar-refractivity contribution in [2.45, 2.75) is 19.9 Å². The average molecular weight is 357 g/mol. The summed E-state index contributed by atoms with van der Waals surface area (Å²) in [5, 5.41) is 7.55. The van der Waals surface area contributed by atoms with Gasteiger partial charge in [0, 0.05) is 22.8 Å². The standard InChI is InChI=1S/C14H15BrClN3O/c1-8(12-7-17-19(3)9(12)2)18-14(20)11-6-10(15)4-5-13(11)16/h4-8H,1-3H3,(H,18,20)/t8-/m0/s1. The molecule has 20 heavy (non-hydrogen) atoms. The van der Waals surface area contributed by atoms with Gasteiger partial charge >= 0.3 is 0 Å². The van der Waals surface area contributed by atoms with E-state index in [0.717, 1.165) is 15.7 Å². The summed E-state index contributed by atoms with van der Waals surface area (Å²) in [6.07, 6.45) is 1.77. The maximum atomic E-state index is 12.3. The van der Waals surface area contributed by atoms with Gasteiger partial charge in [0.2, 0.25) is 0 Å². The van der Waals surface area contributed by atoms with E-state index in [1.807, 2.05) is 20.9 Å². The van der Waals surface area contributed by atoms with Crippen LogP contribution in [0.3, 0.4) is 0 Å². The molecule has 1 N–H and O–H groups in total. The average Bonchev–Trinajstić information content (AvgIpc) is 2.73. The summed E-state index contributed by atoms with van der Waals surface area (Å²) in [5.41, 5.74) is 2.47. The van der Waals surface area contributed by atoms with Crippen molar-refractivity contribution in [3.05, 3.63) is 50.7 Å². The van der Waals surface area contributed by atoms with Crippen LogP contribution >= 0.6 is 27.5 Å². The molecule has 6 heteroatoms. The first kappa shape index (κ1) is 15.1. The minimum absolute atomic E-state index is 0.133. The van der Waals surface area contributed by atoms with E-state index in [0.29, 0.717) is 10.6 Å². The summed E-state index contributed by atoms with van der Waals surface area (Å²) >= 11 is 9.40. The van der Waals surface area contributed by atoms with Gasteiger partial charge in [-0.3, -0.25) is 9.48 Å². The molecule has 0 saturated carbocycles. The fourth-order valence-electron chi connectivity index (χ4n) is 1.96. The van der Waals surface area contributed by atoms with Gasteiger partial charge in [-0.2, -0.15) is 5.10 Å². The van der Waals surface area contributed by atoms with Crippen molar-refractivity contribution in [1.29, 1.82) is 0 Å². The highest BCUT2D eigenvalue weighted by atomic mass is 79.9. The molecule has 0 saturated heterocycles. The molecule has 0 aliphatic rings. The molecule has 0 spiro atoms. The fraction of sp³-hybridized carbons (Fsp3) is 0.286. The Bertz CT molecular complexity index is 654. The predicted molar refractivity (Wildman–Crippen MR) is 83.0 cm³/mol. The van der Waals surface area contributed by atoms with Gasteiger partial charge in [0.1, 0.15) is 0 Å². The summed E-state index contributed by atoms with van der Waals surface area (Å²) in [6, 6.07) is 5.07. The van der Waals surface area contributed by atoms with Crippen LogP contribution in [0.25, 0.3) is 0 Å². The van der Waals surface area contributed by atoms with Gasteiger partial charge in [0.15, 0.2) is 0 Å². The van der Waals surface area contributed by atoms with Crippen LogP contribution in [-0.4, -0.2) is 15.7 Å². The van der Waals surface area contributed by atoms with Crippen molar-refractivity contribution >= 4 is 33.4 Å². The van der Waals surface area contributed by atoms with Crippen molar-refractivity contribution in [3.63, 3.8) is 0 Å². The normalized spacial score (nSPS) is 12.2. The zero-order valence-electron chi connectivity index (χ0n) is 11.4. The quantitative estimate of drug-likeness (QED) is 0.913. The number of aromatic nitrogens is 2. The van der Waals surface area contributed by atoms with Gasteiger partial charge in [-0.15, -0.1) is 0 Å². The molecule has 1 heterocycles. The maximum Gasteiger partial charge on any atom is 0.253 e. The first-order valence-electron chi connectivity index (χ1n) is 6.14. The molecule has 4 nitrogen and oxygen atoms in total. The Morgan fingerprint density at radius 2 is 2.20 bits per heavy atom. The van der Waals surface area contributed by atoms with Crippen LogP contribution < -0.4 is 5.32 Å². The Kier molecular flexibility index (Phi) is 4.50. The lowest BCUT2D eigenvalue weighted by Crippen LogP contribution is -2.27. The fourth-order valence-corrected chi connectivity index (χ4v) is 2.53. The second-order valence-corrected chi connectivity index (χ2v) is 5.95. The van der Waals surface area contributed by atoms with Crippen LogP contribution in [0.5, 0.6) is 0 Å². The molecular formula is C14H15BrClN3O. The Balaban J connectivity index is 2.19. The van der Waals surface area contributed by atoms with Crippen molar-refractivity contribution in [3.8, 4) is 0 Å². The zero-order chi connectivity index (χ0) is 14.9. The molecule has 1 aromatic carbocycles. The van der Waals surface area contributed by atoms with Crippen molar-refractivity contribution in [2.75, 3.05) is 0 Å². The highest BCUT2D eigenvalue weighted by Gasteiger charge is 2.17. The van der Waals surface area contributed by atoms with Crippen molar-refractivity contribution < 1.29 is 4.79 Å². The Morgan fingerprint density at radius 1 is 1.50 bits per heavy atom. The summed E-state index contributed by atoms with van der Waals surface area (Å²) < 4.78 is 2.60. The molecule has 0 fully saturated rings. The summed E-state index contributed by atoms with van der Waals surface area (Å²) in [7, 11) is 1.87. The van der Waals surface area contributed by atoms with E-state index in [2.05, 4.69) is 26.3 Å². The van der Waals surface area contributed by atoms with Crippen LogP contribution in [0.15, 0.2) is 28.9 Å². The second-order valence-electron chi connectivity index (χ2n) is 4.63. The molecule has 0 bridgehead atoms. The van der Waals surface area contributed by atoms with Gasteiger partial charge in [-0.05, 0) is 32.0 Å². The van der Waals surface area contributed by atoms with Gasteiger partial charge in [0.05, 0.1) is 22.8 Å². The SMILES string of the molecule is Cc1c([C@H](C)NC(=O)c2cc(Br)ccc2Cl)cnn1C. The number of hydrogen-bond donors (Lipinski definition) is 1. The first-order valence-corrected chi connectivity index (χ1v) is 7.31. The van der Waals surface area contributed by atoms with E-state index in [-0.39, 0.29) is 11.9 Å². The van der Waals surface area contributed by atoms with Gasteiger partial charge in [0.25, 0.3) is 5.91 Å². The Labute approximate surface area is 131 Å². The lowest BCUT2D eigenvalue weighted by Gasteiger charge is -2.14. The molecule has 1 amide bonds. The van der Waals surface area contributed by atoms with Gasteiger partial charge in [-0.1, -0.05) is 27.5 Å². The monoisotopic (exact) mass is 355 g/mol. The third-order valence-corrected chi connectivity index (χ3v) is 4.08. The molecule has 2 rings (SSSR count). The lowest BCUT2D eigenvalue weighted by molar-refractivity contribution is 0.0940. The first-order chi connectivity index (χ1) is 9.40. The number of carbonyl (C=O) groups excluding carboxylic acids is 1. The minimum Gasteiger partial charge on any atom is -0.345 e. The molecule has 1 atom stereocenters. The van der Waals surface area contributed by atoms with E-state index >= 15 is 0 Å². The highest BCUT2D eigenvalue weighted by molar-refractivity contribution is 9.10. The van der Waals surface area contributed by atoms with Gasteiger partial charge < -0.3 is 5.32 Å². The molecule has 106 valence electrons. The molecule has 0 aliphatic carbocycles. The summed E-state index contributed by atoms with van der Waals surface area (Å²) in [5.74, 6) is -0.202. The summed E-state index contributed by atoms with van der Waals surface area (Å²) in [6.45, 7) is 3.89. The number of amides is 1. The van der Waals surface area contributed by atoms with Gasteiger partial charge in [-0.25, -0.2) is 0 Å². The largest absolute Gasteiger partial charge is 0.345 e. The Hall–Kier alpha value is -1.33. The van der Waals surface area contributed by atoms with Crippen LogP contribution in [0.1, 0.15) is 34.6 Å². The maximum absolute atomic E-state index is 12.3. The van der Waals surface area contributed by atoms with Crippen LogP contribution in [-0.2, 0) is 7.05 Å². The topological polar surface area (TPSA) is 46.9 Å². The third-order valence-electron chi connectivity index (χ3n) is 3.26. The number of halogens is 2. The van der Waals surface area contributed by atoms with E-state index in [1.165, 1.54) is 0 Å². The number of nitrogens with one attached hydrogen (secondary N) is 1. The number of rotatable bonds is 3. The van der Waals surface area contributed by atoms with Crippen LogP contribution in [0, 0.1) is 6.92 Å². The van der Waals surface area contributed by atoms with E-state index in [4.69, 9.17) is 11.6 Å². The smallest absolute Gasteiger partial charge is 0.253 e. The Morgan fingerprint density at radius 3 is 2.80 bits per heavy atom. The number of hydrogen-bond acceptors (Lipinski definition) is 2. The molecule has 0 unspecified atom stereocenters. The summed E-state index contributed by atoms with van der Waals surface area (Å²) in [4.78, 5) is 12.3. The minimum atomic E-state index is -0.202. The number of benzene rings is 1. The van der Waals surface area contributed by atoms with E-state index in [9.17, 15) is 4.79 Å². The molecule has 2 aromatic rings. The lowest BCUT2D eigenvalue weighted by atomic mass is 10.1. The molecule has 0 radical (unpaired) electrons. The molecular weight excluding hydrogens is 342 g/mol. The van der Waals surface area contributed by atoms with Crippen LogP contribution in [0.2, 0.25) is 5.02 Å². The zero-order valence-corrected chi connectivity index (χ0v) is 13.8. The number of carbonyl (C=O) groups is 1. The second kappa shape index (κ2) is 5.97. The van der Waals surface area contributed by atoms with E-state index in [1.54, 1.807) is 29.1 Å². The van der Waals surface area contributed by atoms with Crippen molar-refractivity contribution in [2.24, 2.45) is 7.05 Å². The number of nitrogens with zero attached hydrogens (tertiary/aromatic N) is 2. The van der Waals surface area contributed by atoms with E-state index < -0.39 is 0 Å². The number of aryl methyl sites for hydroxylation is 1. The highest BCUT2D eigenvalue weighted by Crippen LogP contribution is 2.22. The third kappa shape index (κ3) is 3.04.